The molecule has 0 atom stereocenters. The maximum Gasteiger partial charge on any atom is 0.187 e. The summed E-state index contributed by atoms with van der Waals surface area (Å²) in [5, 5.41) is 2.93. The lowest BCUT2D eigenvalue weighted by Gasteiger charge is -2.05. The van der Waals surface area contributed by atoms with Crippen LogP contribution in [0.2, 0.25) is 0 Å². The highest BCUT2D eigenvalue weighted by Gasteiger charge is 2.02. The second-order valence-corrected chi connectivity index (χ2v) is 5.08. The fourth-order valence-electron chi connectivity index (χ4n) is 1.91. The van der Waals surface area contributed by atoms with Gasteiger partial charge in [-0.25, -0.2) is 4.39 Å². The van der Waals surface area contributed by atoms with Crippen LogP contribution in [0.3, 0.4) is 0 Å². The van der Waals surface area contributed by atoms with E-state index in [1.807, 2.05) is 0 Å². The lowest BCUT2D eigenvalue weighted by Crippen LogP contribution is -1.99. The number of allylic oxidation sites excluding steroid dienone is 1. The SMILES string of the molecule is CCCCOc1ccc(C(=O)C=CNc2ccc(F)cc2)cc1. The lowest BCUT2D eigenvalue weighted by molar-refractivity contribution is 0.104. The largest absolute Gasteiger partial charge is 0.494 e. The maximum absolute atomic E-state index is 12.8. The molecule has 120 valence electrons. The van der Waals surface area contributed by atoms with E-state index in [-0.39, 0.29) is 11.6 Å². The van der Waals surface area contributed by atoms with Crippen molar-refractivity contribution in [3.8, 4) is 5.75 Å². The summed E-state index contributed by atoms with van der Waals surface area (Å²) in [6.07, 6.45) is 5.08. The molecule has 0 aliphatic rings. The lowest BCUT2D eigenvalue weighted by atomic mass is 10.1. The second-order valence-electron chi connectivity index (χ2n) is 5.08. The zero-order valence-corrected chi connectivity index (χ0v) is 13.1. The molecule has 2 aromatic carbocycles. The van der Waals surface area contributed by atoms with Crippen LogP contribution in [0.4, 0.5) is 10.1 Å². The number of benzene rings is 2. The van der Waals surface area contributed by atoms with Crippen LogP contribution in [-0.2, 0) is 0 Å². The summed E-state index contributed by atoms with van der Waals surface area (Å²) in [4.78, 5) is 12.0. The Bertz CT molecular complexity index is 648. The van der Waals surface area contributed by atoms with Crippen molar-refractivity contribution >= 4 is 11.5 Å². The molecule has 0 aliphatic carbocycles. The Kier molecular flexibility index (Phi) is 6.36. The van der Waals surface area contributed by atoms with Gasteiger partial charge in [0.2, 0.25) is 0 Å². The van der Waals surface area contributed by atoms with Crippen molar-refractivity contribution in [1.29, 1.82) is 0 Å². The van der Waals surface area contributed by atoms with Crippen molar-refractivity contribution in [2.24, 2.45) is 0 Å². The molecule has 0 heterocycles. The van der Waals surface area contributed by atoms with Gasteiger partial charge in [0, 0.05) is 23.5 Å². The van der Waals surface area contributed by atoms with Crippen molar-refractivity contribution < 1.29 is 13.9 Å². The summed E-state index contributed by atoms with van der Waals surface area (Å²) in [5.41, 5.74) is 1.31. The van der Waals surface area contributed by atoms with Crippen LogP contribution in [0.5, 0.6) is 5.75 Å². The number of rotatable bonds is 8. The first-order valence-corrected chi connectivity index (χ1v) is 7.65. The third kappa shape index (κ3) is 5.58. The molecular weight excluding hydrogens is 293 g/mol. The van der Waals surface area contributed by atoms with Crippen LogP contribution >= 0.6 is 0 Å². The van der Waals surface area contributed by atoms with Gasteiger partial charge in [-0.1, -0.05) is 13.3 Å². The number of anilines is 1. The van der Waals surface area contributed by atoms with Gasteiger partial charge in [-0.3, -0.25) is 4.79 Å². The van der Waals surface area contributed by atoms with Crippen molar-refractivity contribution in [3.63, 3.8) is 0 Å². The molecule has 0 unspecified atom stereocenters. The maximum atomic E-state index is 12.8. The van der Waals surface area contributed by atoms with Crippen LogP contribution in [0.1, 0.15) is 30.1 Å². The Morgan fingerprint density at radius 3 is 2.48 bits per heavy atom. The number of ether oxygens (including phenoxy) is 1. The Morgan fingerprint density at radius 1 is 1.13 bits per heavy atom. The van der Waals surface area contributed by atoms with Gasteiger partial charge in [0.15, 0.2) is 5.78 Å². The summed E-state index contributed by atoms with van der Waals surface area (Å²) >= 11 is 0. The number of carbonyl (C=O) groups excluding carboxylic acids is 1. The van der Waals surface area contributed by atoms with E-state index in [0.717, 1.165) is 24.3 Å². The summed E-state index contributed by atoms with van der Waals surface area (Å²) in [6.45, 7) is 2.79. The zero-order chi connectivity index (χ0) is 16.5. The monoisotopic (exact) mass is 313 g/mol. The summed E-state index contributed by atoms with van der Waals surface area (Å²) in [7, 11) is 0. The van der Waals surface area contributed by atoms with Gasteiger partial charge in [0.1, 0.15) is 11.6 Å². The highest BCUT2D eigenvalue weighted by molar-refractivity contribution is 6.04. The predicted molar refractivity (Wildman–Crippen MR) is 90.3 cm³/mol. The fraction of sp³-hybridized carbons (Fsp3) is 0.211. The molecule has 2 aromatic rings. The number of halogens is 1. The smallest absolute Gasteiger partial charge is 0.187 e. The minimum absolute atomic E-state index is 0.111. The molecule has 0 spiro atoms. The summed E-state index contributed by atoms with van der Waals surface area (Å²) in [6, 6.07) is 13.0. The highest BCUT2D eigenvalue weighted by atomic mass is 19.1. The molecule has 3 nitrogen and oxygen atoms in total. The minimum Gasteiger partial charge on any atom is -0.494 e. The third-order valence-electron chi connectivity index (χ3n) is 3.23. The van der Waals surface area contributed by atoms with Crippen molar-refractivity contribution in [3.05, 3.63) is 72.2 Å². The van der Waals surface area contributed by atoms with Crippen molar-refractivity contribution in [2.75, 3.05) is 11.9 Å². The summed E-state index contributed by atoms with van der Waals surface area (Å²) < 4.78 is 18.3. The molecule has 0 saturated heterocycles. The van der Waals surface area contributed by atoms with E-state index in [1.165, 1.54) is 18.2 Å². The Morgan fingerprint density at radius 2 is 1.83 bits per heavy atom. The van der Waals surface area contributed by atoms with Crippen molar-refractivity contribution in [2.45, 2.75) is 19.8 Å². The van der Waals surface area contributed by atoms with E-state index in [9.17, 15) is 9.18 Å². The number of unbranched alkanes of at least 4 members (excludes halogenated alkanes) is 1. The molecule has 0 aliphatic heterocycles. The van der Waals surface area contributed by atoms with Gasteiger partial charge in [-0.15, -0.1) is 0 Å². The zero-order valence-electron chi connectivity index (χ0n) is 13.1. The van der Waals surface area contributed by atoms with Crippen LogP contribution in [0.25, 0.3) is 0 Å². The first kappa shape index (κ1) is 16.7. The fourth-order valence-corrected chi connectivity index (χ4v) is 1.91. The molecule has 0 amide bonds. The van der Waals surface area contributed by atoms with E-state index >= 15 is 0 Å². The van der Waals surface area contributed by atoms with Gasteiger partial charge in [0.05, 0.1) is 6.61 Å². The first-order chi connectivity index (χ1) is 11.2. The number of hydrogen-bond donors (Lipinski definition) is 1. The molecule has 1 N–H and O–H groups in total. The average Bonchev–Trinajstić information content (AvgIpc) is 2.57. The predicted octanol–water partition coefficient (Wildman–Crippen LogP) is 4.81. The Balaban J connectivity index is 1.87. The quantitative estimate of drug-likeness (QED) is 0.431. The molecule has 0 bridgehead atoms. The minimum atomic E-state index is -0.295. The second kappa shape index (κ2) is 8.73. The van der Waals surface area contributed by atoms with E-state index in [1.54, 1.807) is 42.6 Å². The van der Waals surface area contributed by atoms with Crippen LogP contribution < -0.4 is 10.1 Å². The molecule has 0 aromatic heterocycles. The summed E-state index contributed by atoms with van der Waals surface area (Å²) in [5.74, 6) is 0.361. The number of ketones is 1. The van der Waals surface area contributed by atoms with Gasteiger partial charge < -0.3 is 10.1 Å². The molecule has 2 rings (SSSR count). The molecule has 0 saturated carbocycles. The van der Waals surface area contributed by atoms with Crippen LogP contribution in [-0.4, -0.2) is 12.4 Å². The molecule has 0 fully saturated rings. The van der Waals surface area contributed by atoms with Gasteiger partial charge in [-0.2, -0.15) is 0 Å². The number of carbonyl (C=O) groups is 1. The van der Waals surface area contributed by atoms with Gasteiger partial charge >= 0.3 is 0 Å². The van der Waals surface area contributed by atoms with E-state index in [2.05, 4.69) is 12.2 Å². The van der Waals surface area contributed by atoms with Gasteiger partial charge in [-0.05, 0) is 55.0 Å². The van der Waals surface area contributed by atoms with E-state index in [0.29, 0.717) is 12.2 Å². The molecule has 4 heteroatoms. The standard InChI is InChI=1S/C19H20FNO2/c1-2-3-14-23-18-10-4-15(5-11-18)19(22)12-13-21-17-8-6-16(20)7-9-17/h4-13,21H,2-3,14H2,1H3. The molecule has 23 heavy (non-hydrogen) atoms. The topological polar surface area (TPSA) is 38.3 Å². The first-order valence-electron chi connectivity index (χ1n) is 7.65. The average molecular weight is 313 g/mol. The number of nitrogens with one attached hydrogen (secondary N) is 1. The molecular formula is C19H20FNO2. The Labute approximate surface area is 135 Å². The normalized spacial score (nSPS) is 10.7. The Hall–Kier alpha value is -2.62. The van der Waals surface area contributed by atoms with Gasteiger partial charge in [0.25, 0.3) is 0 Å². The van der Waals surface area contributed by atoms with Crippen LogP contribution in [0.15, 0.2) is 60.8 Å². The molecule has 0 radical (unpaired) electrons. The third-order valence-corrected chi connectivity index (χ3v) is 3.23. The van der Waals surface area contributed by atoms with E-state index < -0.39 is 0 Å². The highest BCUT2D eigenvalue weighted by Crippen LogP contribution is 2.14. The van der Waals surface area contributed by atoms with E-state index in [4.69, 9.17) is 4.74 Å². The van der Waals surface area contributed by atoms with Crippen LogP contribution in [0, 0.1) is 5.82 Å². The van der Waals surface area contributed by atoms with Crippen molar-refractivity contribution in [1.82, 2.24) is 0 Å². The number of hydrogen-bond acceptors (Lipinski definition) is 3.